The number of fused-ring (bicyclic) bond motifs is 1. The number of pyridine rings is 2. The lowest BCUT2D eigenvalue weighted by molar-refractivity contribution is 0.0602. The number of nitrogens with one attached hydrogen (secondary N) is 1. The zero-order chi connectivity index (χ0) is 23.5. The third-order valence-corrected chi connectivity index (χ3v) is 6.77. The van der Waals surface area contributed by atoms with Gasteiger partial charge < -0.3 is 10.1 Å². The van der Waals surface area contributed by atoms with Gasteiger partial charge in [0, 0.05) is 21.5 Å². The van der Waals surface area contributed by atoms with Gasteiger partial charge in [0.15, 0.2) is 0 Å². The molecule has 0 saturated heterocycles. The van der Waals surface area contributed by atoms with E-state index in [1.807, 2.05) is 25.1 Å². The molecule has 8 heteroatoms. The Hall–Kier alpha value is -3.29. The molecule has 0 radical (unpaired) electrons. The molecule has 0 aliphatic carbocycles. The van der Waals surface area contributed by atoms with Gasteiger partial charge in [0.05, 0.1) is 35.1 Å². The molecule has 0 aliphatic rings. The SMILES string of the molecule is CCCc1cc(C(=O)OC)c(NC(=O)c2cc(-c3ccccn3)nc3c(C)c(Cl)ccc23)s1. The number of anilines is 1. The Morgan fingerprint density at radius 1 is 1.12 bits per heavy atom. The Morgan fingerprint density at radius 2 is 1.94 bits per heavy atom. The monoisotopic (exact) mass is 479 g/mol. The molecule has 4 aromatic rings. The van der Waals surface area contributed by atoms with Crippen molar-refractivity contribution in [2.45, 2.75) is 26.7 Å². The molecular weight excluding hydrogens is 458 g/mol. The molecule has 0 bridgehead atoms. The highest BCUT2D eigenvalue weighted by atomic mass is 35.5. The maximum atomic E-state index is 13.5. The summed E-state index contributed by atoms with van der Waals surface area (Å²) < 4.78 is 4.92. The van der Waals surface area contributed by atoms with Crippen molar-refractivity contribution in [2.75, 3.05) is 12.4 Å². The van der Waals surface area contributed by atoms with Crippen LogP contribution in [0.1, 0.15) is 44.5 Å². The average molecular weight is 480 g/mol. The van der Waals surface area contributed by atoms with Gasteiger partial charge in [-0.15, -0.1) is 11.3 Å². The lowest BCUT2D eigenvalue weighted by Crippen LogP contribution is -2.15. The van der Waals surface area contributed by atoms with Crippen LogP contribution in [0, 0.1) is 6.92 Å². The van der Waals surface area contributed by atoms with Gasteiger partial charge in [0.25, 0.3) is 5.91 Å². The van der Waals surface area contributed by atoms with Gasteiger partial charge in [-0.05, 0) is 49.2 Å². The molecule has 0 unspecified atom stereocenters. The van der Waals surface area contributed by atoms with Crippen molar-refractivity contribution in [3.8, 4) is 11.4 Å². The fourth-order valence-corrected chi connectivity index (χ4v) is 4.87. The van der Waals surface area contributed by atoms with Crippen molar-refractivity contribution in [1.82, 2.24) is 9.97 Å². The molecule has 6 nitrogen and oxygen atoms in total. The third-order valence-electron chi connectivity index (χ3n) is 5.25. The summed E-state index contributed by atoms with van der Waals surface area (Å²) in [6.45, 7) is 3.93. The zero-order valence-corrected chi connectivity index (χ0v) is 20.0. The largest absolute Gasteiger partial charge is 0.465 e. The molecule has 1 aromatic carbocycles. The van der Waals surface area contributed by atoms with Crippen molar-refractivity contribution in [3.63, 3.8) is 0 Å². The maximum Gasteiger partial charge on any atom is 0.340 e. The molecule has 0 aliphatic heterocycles. The van der Waals surface area contributed by atoms with E-state index in [0.717, 1.165) is 23.3 Å². The summed E-state index contributed by atoms with van der Waals surface area (Å²) in [5.41, 5.74) is 3.37. The van der Waals surface area contributed by atoms with Crippen LogP contribution in [0.15, 0.2) is 48.7 Å². The second-order valence-corrected chi connectivity index (χ2v) is 9.03. The van der Waals surface area contributed by atoms with E-state index in [0.29, 0.717) is 43.4 Å². The van der Waals surface area contributed by atoms with Gasteiger partial charge in [-0.25, -0.2) is 9.78 Å². The molecule has 168 valence electrons. The van der Waals surface area contributed by atoms with E-state index in [4.69, 9.17) is 21.3 Å². The Morgan fingerprint density at radius 3 is 2.64 bits per heavy atom. The number of benzene rings is 1. The summed E-state index contributed by atoms with van der Waals surface area (Å²) in [6.07, 6.45) is 3.41. The van der Waals surface area contributed by atoms with E-state index in [9.17, 15) is 9.59 Å². The third kappa shape index (κ3) is 4.60. The van der Waals surface area contributed by atoms with Gasteiger partial charge in [-0.1, -0.05) is 37.1 Å². The van der Waals surface area contributed by atoms with Crippen LogP contribution in [0.25, 0.3) is 22.3 Å². The molecule has 4 rings (SSSR count). The van der Waals surface area contributed by atoms with E-state index in [1.54, 1.807) is 30.5 Å². The first kappa shape index (κ1) is 22.9. The lowest BCUT2D eigenvalue weighted by atomic mass is 10.0. The number of aryl methyl sites for hydroxylation is 2. The quantitative estimate of drug-likeness (QED) is 0.327. The highest BCUT2D eigenvalue weighted by Crippen LogP contribution is 2.33. The number of carbonyl (C=O) groups is 2. The average Bonchev–Trinajstić information content (AvgIpc) is 3.23. The lowest BCUT2D eigenvalue weighted by Gasteiger charge is -2.12. The van der Waals surface area contributed by atoms with Gasteiger partial charge in [-0.2, -0.15) is 0 Å². The Balaban J connectivity index is 1.83. The first-order valence-corrected chi connectivity index (χ1v) is 11.7. The second kappa shape index (κ2) is 9.68. The summed E-state index contributed by atoms with van der Waals surface area (Å²) >= 11 is 7.73. The van der Waals surface area contributed by atoms with E-state index >= 15 is 0 Å². The number of thiophene rings is 1. The molecule has 1 N–H and O–H groups in total. The number of rotatable bonds is 6. The van der Waals surface area contributed by atoms with Crippen molar-refractivity contribution in [1.29, 1.82) is 0 Å². The molecule has 33 heavy (non-hydrogen) atoms. The number of methoxy groups -OCH3 is 1. The van der Waals surface area contributed by atoms with Crippen LogP contribution in [-0.2, 0) is 11.2 Å². The van der Waals surface area contributed by atoms with E-state index in [2.05, 4.69) is 17.2 Å². The second-order valence-electron chi connectivity index (χ2n) is 7.49. The maximum absolute atomic E-state index is 13.5. The highest BCUT2D eigenvalue weighted by Gasteiger charge is 2.22. The first-order chi connectivity index (χ1) is 15.9. The van der Waals surface area contributed by atoms with Crippen molar-refractivity contribution in [3.05, 3.63) is 75.3 Å². The van der Waals surface area contributed by atoms with Crippen LogP contribution >= 0.6 is 22.9 Å². The van der Waals surface area contributed by atoms with Crippen LogP contribution in [0.2, 0.25) is 5.02 Å². The number of hydrogen-bond acceptors (Lipinski definition) is 6. The molecule has 0 saturated carbocycles. The minimum atomic E-state index is -0.486. The number of halogens is 1. The van der Waals surface area contributed by atoms with Crippen LogP contribution in [-0.4, -0.2) is 29.0 Å². The summed E-state index contributed by atoms with van der Waals surface area (Å²) in [5, 5.41) is 4.62. The van der Waals surface area contributed by atoms with Crippen LogP contribution in [0.4, 0.5) is 5.00 Å². The number of esters is 1. The Labute approximate surface area is 200 Å². The van der Waals surface area contributed by atoms with Gasteiger partial charge >= 0.3 is 5.97 Å². The summed E-state index contributed by atoms with van der Waals surface area (Å²) in [4.78, 5) is 35.9. The summed E-state index contributed by atoms with van der Waals surface area (Å²) in [5.74, 6) is -0.836. The first-order valence-electron chi connectivity index (χ1n) is 10.5. The standard InChI is InChI=1S/C25H22ClN3O3S/c1-4-7-15-12-18(25(31)32-3)24(33-15)29-23(30)17-13-21(20-8-5-6-11-27-20)28-22-14(2)19(26)10-9-16(17)22/h5-6,8-13H,4,7H2,1-3H3,(H,29,30). The van der Waals surface area contributed by atoms with E-state index in [-0.39, 0.29) is 5.91 Å². The van der Waals surface area contributed by atoms with Crippen LogP contribution < -0.4 is 5.32 Å². The normalized spacial score (nSPS) is 10.9. The van der Waals surface area contributed by atoms with Gasteiger partial charge in [-0.3, -0.25) is 9.78 Å². The van der Waals surface area contributed by atoms with Crippen LogP contribution in [0.5, 0.6) is 0 Å². The van der Waals surface area contributed by atoms with Crippen LogP contribution in [0.3, 0.4) is 0 Å². The molecule has 0 spiro atoms. The number of amides is 1. The Kier molecular flexibility index (Phi) is 6.72. The molecule has 3 aromatic heterocycles. The van der Waals surface area contributed by atoms with E-state index in [1.165, 1.54) is 18.4 Å². The fraction of sp³-hybridized carbons (Fsp3) is 0.200. The minimum Gasteiger partial charge on any atom is -0.465 e. The number of nitrogens with zero attached hydrogens (tertiary/aromatic N) is 2. The fourth-order valence-electron chi connectivity index (χ4n) is 3.57. The summed E-state index contributed by atoms with van der Waals surface area (Å²) in [7, 11) is 1.33. The predicted molar refractivity (Wildman–Crippen MR) is 132 cm³/mol. The predicted octanol–water partition coefficient (Wildman–Crippen LogP) is 6.31. The molecule has 1 amide bonds. The van der Waals surface area contributed by atoms with Crippen molar-refractivity contribution in [2.24, 2.45) is 0 Å². The van der Waals surface area contributed by atoms with Crippen molar-refractivity contribution < 1.29 is 14.3 Å². The zero-order valence-electron chi connectivity index (χ0n) is 18.4. The number of carbonyl (C=O) groups excluding carboxylic acids is 2. The summed E-state index contributed by atoms with van der Waals surface area (Å²) in [6, 6.07) is 12.5. The number of hydrogen-bond donors (Lipinski definition) is 1. The number of aromatic nitrogens is 2. The van der Waals surface area contributed by atoms with E-state index < -0.39 is 5.97 Å². The molecule has 0 atom stereocenters. The minimum absolute atomic E-state index is 0.349. The molecule has 0 fully saturated rings. The molecular formula is C25H22ClN3O3S. The Bertz CT molecular complexity index is 1350. The topological polar surface area (TPSA) is 81.2 Å². The smallest absolute Gasteiger partial charge is 0.340 e. The number of ether oxygens (including phenoxy) is 1. The van der Waals surface area contributed by atoms with Gasteiger partial charge in [0.1, 0.15) is 5.00 Å². The highest BCUT2D eigenvalue weighted by molar-refractivity contribution is 7.16. The van der Waals surface area contributed by atoms with Gasteiger partial charge in [0.2, 0.25) is 0 Å². The molecule has 3 heterocycles. The van der Waals surface area contributed by atoms with Crippen molar-refractivity contribution >= 4 is 50.7 Å².